The van der Waals surface area contributed by atoms with Crippen LogP contribution in [0, 0.1) is 6.92 Å². The van der Waals surface area contributed by atoms with Crippen molar-refractivity contribution in [2.75, 3.05) is 0 Å². The van der Waals surface area contributed by atoms with Crippen molar-refractivity contribution >= 4 is 34.3 Å². The Morgan fingerprint density at radius 3 is 2.83 bits per heavy atom. The summed E-state index contributed by atoms with van der Waals surface area (Å²) in [5, 5.41) is 0.384. The monoisotopic (exact) mass is 202 g/mol. The maximum atomic E-state index is 5.75. The lowest BCUT2D eigenvalue weighted by Crippen LogP contribution is -1.83. The van der Waals surface area contributed by atoms with Gasteiger partial charge in [-0.05, 0) is 18.5 Å². The largest absolute Gasteiger partial charge is 0.459 e. The van der Waals surface area contributed by atoms with E-state index in [1.165, 1.54) is 0 Å². The first kappa shape index (κ1) is 7.83. The molecule has 3 nitrogen and oxygen atoms in total. The molecule has 0 amide bonds. The normalized spacial score (nSPS) is 10.9. The Hall–Kier alpha value is -0.800. The third kappa shape index (κ3) is 1.06. The van der Waals surface area contributed by atoms with Crippen molar-refractivity contribution in [1.29, 1.82) is 0 Å². The Morgan fingerprint density at radius 2 is 2.08 bits per heavy atom. The molecule has 2 aromatic heterocycles. The second-order valence-electron chi connectivity index (χ2n) is 2.38. The van der Waals surface area contributed by atoms with Crippen molar-refractivity contribution in [3.63, 3.8) is 0 Å². The molecule has 0 saturated carbocycles. The van der Waals surface area contributed by atoms with Crippen molar-refractivity contribution in [1.82, 2.24) is 9.97 Å². The SMILES string of the molecule is Cc1coc2c(Cl)nc(Cl)nc12. The van der Waals surface area contributed by atoms with Gasteiger partial charge in [-0.25, -0.2) is 9.97 Å². The first-order valence-corrected chi connectivity index (χ1v) is 4.01. The van der Waals surface area contributed by atoms with Crippen molar-refractivity contribution in [2.24, 2.45) is 0 Å². The van der Waals surface area contributed by atoms with Crippen LogP contribution in [-0.2, 0) is 0 Å². The van der Waals surface area contributed by atoms with Crippen molar-refractivity contribution < 1.29 is 4.42 Å². The van der Waals surface area contributed by atoms with Crippen LogP contribution in [0.4, 0.5) is 0 Å². The summed E-state index contributed by atoms with van der Waals surface area (Å²) in [6.45, 7) is 1.87. The summed E-state index contributed by atoms with van der Waals surface area (Å²) in [6, 6.07) is 0. The maximum absolute atomic E-state index is 5.75. The predicted molar refractivity (Wildman–Crippen MR) is 46.6 cm³/mol. The summed E-state index contributed by atoms with van der Waals surface area (Å²) in [5.74, 6) is 0. The molecule has 0 bridgehead atoms. The average molecular weight is 203 g/mol. The van der Waals surface area contributed by atoms with Crippen LogP contribution in [0.3, 0.4) is 0 Å². The molecular weight excluding hydrogens is 199 g/mol. The zero-order valence-corrected chi connectivity index (χ0v) is 7.65. The molecule has 0 radical (unpaired) electrons. The van der Waals surface area contributed by atoms with Crippen LogP contribution in [0.2, 0.25) is 10.4 Å². The number of rotatable bonds is 0. The highest BCUT2D eigenvalue weighted by Gasteiger charge is 2.09. The van der Waals surface area contributed by atoms with Gasteiger partial charge in [0.15, 0.2) is 10.7 Å². The molecule has 0 saturated heterocycles. The van der Waals surface area contributed by atoms with Gasteiger partial charge in [-0.2, -0.15) is 0 Å². The molecule has 2 rings (SSSR count). The van der Waals surface area contributed by atoms with Gasteiger partial charge in [0.05, 0.1) is 6.26 Å². The summed E-state index contributed by atoms with van der Waals surface area (Å²) < 4.78 is 5.12. The predicted octanol–water partition coefficient (Wildman–Crippen LogP) is 2.84. The van der Waals surface area contributed by atoms with E-state index in [0.717, 1.165) is 5.56 Å². The Labute approximate surface area is 78.3 Å². The summed E-state index contributed by atoms with van der Waals surface area (Å²) in [5.41, 5.74) is 2.05. The standard InChI is InChI=1S/C7H4Cl2N2O/c1-3-2-12-5-4(3)10-7(9)11-6(5)8/h2H,1H3. The Morgan fingerprint density at radius 1 is 1.33 bits per heavy atom. The molecule has 62 valence electrons. The van der Waals surface area contributed by atoms with Gasteiger partial charge in [0.2, 0.25) is 5.28 Å². The fourth-order valence-corrected chi connectivity index (χ4v) is 1.40. The Balaban J connectivity index is 2.92. The number of hydrogen-bond donors (Lipinski definition) is 0. The highest BCUT2D eigenvalue weighted by molar-refractivity contribution is 6.35. The van der Waals surface area contributed by atoms with Crippen LogP contribution in [-0.4, -0.2) is 9.97 Å². The lowest BCUT2D eigenvalue weighted by molar-refractivity contribution is 0.611. The maximum Gasteiger partial charge on any atom is 0.224 e. The van der Waals surface area contributed by atoms with Gasteiger partial charge in [0.25, 0.3) is 0 Å². The van der Waals surface area contributed by atoms with Crippen LogP contribution in [0.25, 0.3) is 11.1 Å². The number of fused-ring (bicyclic) bond motifs is 1. The number of furan rings is 1. The minimum Gasteiger partial charge on any atom is -0.459 e. The van der Waals surface area contributed by atoms with Gasteiger partial charge < -0.3 is 4.42 Å². The molecule has 0 aliphatic rings. The molecule has 0 N–H and O–H groups in total. The molecule has 5 heteroatoms. The van der Waals surface area contributed by atoms with E-state index >= 15 is 0 Å². The smallest absolute Gasteiger partial charge is 0.224 e. The number of halogens is 2. The fraction of sp³-hybridized carbons (Fsp3) is 0.143. The van der Waals surface area contributed by atoms with E-state index in [0.29, 0.717) is 11.1 Å². The molecule has 0 atom stereocenters. The van der Waals surface area contributed by atoms with E-state index in [2.05, 4.69) is 9.97 Å². The fourth-order valence-electron chi connectivity index (χ4n) is 0.972. The molecule has 0 unspecified atom stereocenters. The van der Waals surface area contributed by atoms with E-state index < -0.39 is 0 Å². The lowest BCUT2D eigenvalue weighted by Gasteiger charge is -1.92. The lowest BCUT2D eigenvalue weighted by atomic mass is 10.3. The van der Waals surface area contributed by atoms with Gasteiger partial charge in [-0.15, -0.1) is 0 Å². The van der Waals surface area contributed by atoms with Crippen molar-refractivity contribution in [3.05, 3.63) is 22.3 Å². The highest BCUT2D eigenvalue weighted by atomic mass is 35.5. The van der Waals surface area contributed by atoms with Crippen LogP contribution in [0.1, 0.15) is 5.56 Å². The zero-order valence-electron chi connectivity index (χ0n) is 6.14. The molecule has 0 fully saturated rings. The number of aryl methyl sites for hydroxylation is 1. The molecule has 0 aliphatic heterocycles. The van der Waals surface area contributed by atoms with Crippen LogP contribution in [0.5, 0.6) is 0 Å². The summed E-state index contributed by atoms with van der Waals surface area (Å²) in [6.07, 6.45) is 1.57. The third-order valence-electron chi connectivity index (χ3n) is 1.52. The van der Waals surface area contributed by atoms with Crippen LogP contribution >= 0.6 is 23.2 Å². The zero-order chi connectivity index (χ0) is 8.72. The molecule has 2 heterocycles. The molecule has 0 spiro atoms. The number of hydrogen-bond acceptors (Lipinski definition) is 3. The quantitative estimate of drug-likeness (QED) is 0.488. The van der Waals surface area contributed by atoms with Crippen LogP contribution in [0.15, 0.2) is 10.7 Å². The highest BCUT2D eigenvalue weighted by Crippen LogP contribution is 2.25. The molecular formula is C7H4Cl2N2O. The minimum absolute atomic E-state index is 0.136. The molecule has 0 aliphatic carbocycles. The van der Waals surface area contributed by atoms with E-state index in [9.17, 15) is 0 Å². The topological polar surface area (TPSA) is 38.9 Å². The molecule has 0 aromatic carbocycles. The van der Waals surface area contributed by atoms with Gasteiger partial charge in [-0.1, -0.05) is 11.6 Å². The molecule has 2 aromatic rings. The second kappa shape index (κ2) is 2.61. The van der Waals surface area contributed by atoms with Gasteiger partial charge in [-0.3, -0.25) is 0 Å². The molecule has 12 heavy (non-hydrogen) atoms. The Bertz CT molecular complexity index is 438. The van der Waals surface area contributed by atoms with E-state index in [1.54, 1.807) is 6.26 Å². The summed E-state index contributed by atoms with van der Waals surface area (Å²) in [7, 11) is 0. The van der Waals surface area contributed by atoms with Gasteiger partial charge in [0, 0.05) is 5.56 Å². The van der Waals surface area contributed by atoms with Gasteiger partial charge in [0.1, 0.15) is 5.52 Å². The van der Waals surface area contributed by atoms with E-state index in [-0.39, 0.29) is 10.4 Å². The summed E-state index contributed by atoms with van der Waals surface area (Å²) in [4.78, 5) is 7.71. The first-order chi connectivity index (χ1) is 5.68. The van der Waals surface area contributed by atoms with E-state index in [1.807, 2.05) is 6.92 Å². The average Bonchev–Trinajstić information content (AvgIpc) is 2.33. The van der Waals surface area contributed by atoms with Crippen molar-refractivity contribution in [3.8, 4) is 0 Å². The van der Waals surface area contributed by atoms with Crippen LogP contribution < -0.4 is 0 Å². The second-order valence-corrected chi connectivity index (χ2v) is 3.08. The Kier molecular flexibility index (Phi) is 1.70. The summed E-state index contributed by atoms with van der Waals surface area (Å²) >= 11 is 11.4. The first-order valence-electron chi connectivity index (χ1n) is 3.25. The van der Waals surface area contributed by atoms with E-state index in [4.69, 9.17) is 27.6 Å². The third-order valence-corrected chi connectivity index (χ3v) is 1.95. The minimum atomic E-state index is 0.136. The van der Waals surface area contributed by atoms with Gasteiger partial charge >= 0.3 is 0 Å². The number of nitrogens with zero attached hydrogens (tertiary/aromatic N) is 2. The van der Waals surface area contributed by atoms with Crippen molar-refractivity contribution in [2.45, 2.75) is 6.92 Å². The number of aromatic nitrogens is 2.